The lowest BCUT2D eigenvalue weighted by Gasteiger charge is -2.36. The van der Waals surface area contributed by atoms with Crippen LogP contribution in [0, 0.1) is 5.92 Å². The van der Waals surface area contributed by atoms with E-state index < -0.39 is 17.7 Å². The van der Waals surface area contributed by atoms with Gasteiger partial charge in [0.25, 0.3) is 0 Å². The van der Waals surface area contributed by atoms with E-state index >= 15 is 0 Å². The van der Waals surface area contributed by atoms with Gasteiger partial charge in [-0.05, 0) is 19.3 Å². The fourth-order valence-corrected chi connectivity index (χ4v) is 1.51. The second kappa shape index (κ2) is 6.01. The molecule has 0 heterocycles. The molecule has 0 saturated carbocycles. The summed E-state index contributed by atoms with van der Waals surface area (Å²) in [5.41, 5.74) is -0.985. The summed E-state index contributed by atoms with van der Waals surface area (Å²) in [5, 5.41) is 22.5. The Morgan fingerprint density at radius 3 is 2.31 bits per heavy atom. The smallest absolute Gasteiger partial charge is 0.248 e. The van der Waals surface area contributed by atoms with Gasteiger partial charge in [-0.15, -0.1) is 0 Å². The largest absolute Gasteiger partial charge is 0.385 e. The molecule has 2 atom stereocenters. The zero-order chi connectivity index (χ0) is 12.9. The molecule has 0 aliphatic rings. The summed E-state index contributed by atoms with van der Waals surface area (Å²) in [6, 6.07) is 0. The highest BCUT2D eigenvalue weighted by molar-refractivity contribution is 5.92. The quantitative estimate of drug-likeness (QED) is 0.473. The SMILES string of the molecule is C=C(C)C(=O)NC(O)C(O)(CCC)C(C)C. The monoisotopic (exact) mass is 229 g/mol. The first-order valence-electron chi connectivity index (χ1n) is 5.62. The highest BCUT2D eigenvalue weighted by atomic mass is 16.4. The molecule has 0 bridgehead atoms. The van der Waals surface area contributed by atoms with Crippen LogP contribution >= 0.6 is 0 Å². The fraction of sp³-hybridized carbons (Fsp3) is 0.750. The predicted octanol–water partition coefficient (Wildman–Crippen LogP) is 1.18. The topological polar surface area (TPSA) is 69.6 Å². The van der Waals surface area contributed by atoms with Crippen LogP contribution in [0.25, 0.3) is 0 Å². The number of aliphatic hydroxyl groups is 2. The zero-order valence-electron chi connectivity index (χ0n) is 10.6. The van der Waals surface area contributed by atoms with Crippen LogP contribution in [0.2, 0.25) is 0 Å². The van der Waals surface area contributed by atoms with Gasteiger partial charge in [0, 0.05) is 5.57 Å². The number of aliphatic hydroxyl groups excluding tert-OH is 1. The predicted molar refractivity (Wildman–Crippen MR) is 63.7 cm³/mol. The standard InChI is InChI=1S/C12H23NO3/c1-6-7-12(16,9(4)5)11(15)13-10(14)8(2)3/h9,11,15-16H,2,6-7H2,1,3-5H3,(H,13,14). The van der Waals surface area contributed by atoms with Crippen LogP contribution in [0.4, 0.5) is 0 Å². The Hall–Kier alpha value is -0.870. The second-order valence-corrected chi connectivity index (χ2v) is 4.55. The summed E-state index contributed by atoms with van der Waals surface area (Å²) in [5.74, 6) is -0.587. The summed E-state index contributed by atoms with van der Waals surface area (Å²) in [4.78, 5) is 11.3. The number of carbonyl (C=O) groups is 1. The lowest BCUT2D eigenvalue weighted by Crippen LogP contribution is -2.55. The average Bonchev–Trinajstić information content (AvgIpc) is 2.17. The Kier molecular flexibility index (Phi) is 5.68. The van der Waals surface area contributed by atoms with Crippen molar-refractivity contribution in [2.45, 2.75) is 52.4 Å². The molecule has 2 unspecified atom stereocenters. The fourth-order valence-electron chi connectivity index (χ4n) is 1.51. The maximum atomic E-state index is 11.3. The molecule has 0 fully saturated rings. The molecule has 0 aliphatic carbocycles. The minimum absolute atomic E-state index is 0.145. The van der Waals surface area contributed by atoms with Crippen molar-refractivity contribution in [3.8, 4) is 0 Å². The minimum atomic E-state index is -1.29. The Balaban J connectivity index is 4.69. The molecule has 0 aromatic heterocycles. The molecule has 0 rings (SSSR count). The number of amides is 1. The van der Waals surface area contributed by atoms with E-state index in [1.807, 2.05) is 20.8 Å². The van der Waals surface area contributed by atoms with Crippen molar-refractivity contribution >= 4 is 5.91 Å². The summed E-state index contributed by atoms with van der Waals surface area (Å²) in [7, 11) is 0. The van der Waals surface area contributed by atoms with E-state index in [1.165, 1.54) is 0 Å². The maximum Gasteiger partial charge on any atom is 0.248 e. The van der Waals surface area contributed by atoms with Gasteiger partial charge in [0.2, 0.25) is 5.91 Å². The number of carbonyl (C=O) groups excluding carboxylic acids is 1. The van der Waals surface area contributed by atoms with Gasteiger partial charge in [-0.25, -0.2) is 0 Å². The van der Waals surface area contributed by atoms with E-state index in [-0.39, 0.29) is 5.92 Å². The average molecular weight is 229 g/mol. The molecule has 0 radical (unpaired) electrons. The molecule has 0 aliphatic heterocycles. The molecular formula is C12H23NO3. The van der Waals surface area contributed by atoms with Crippen LogP contribution in [-0.2, 0) is 4.79 Å². The van der Waals surface area contributed by atoms with Gasteiger partial charge in [-0.1, -0.05) is 33.8 Å². The Bertz CT molecular complexity index is 263. The molecule has 4 nitrogen and oxygen atoms in total. The van der Waals surface area contributed by atoms with Crippen LogP contribution in [0.1, 0.15) is 40.5 Å². The molecule has 0 aromatic rings. The number of rotatable bonds is 6. The van der Waals surface area contributed by atoms with Crippen LogP contribution in [-0.4, -0.2) is 27.9 Å². The molecule has 4 heteroatoms. The van der Waals surface area contributed by atoms with Crippen molar-refractivity contribution in [2.24, 2.45) is 5.92 Å². The van der Waals surface area contributed by atoms with Crippen molar-refractivity contribution in [2.75, 3.05) is 0 Å². The minimum Gasteiger partial charge on any atom is -0.385 e. The zero-order valence-corrected chi connectivity index (χ0v) is 10.6. The summed E-state index contributed by atoms with van der Waals surface area (Å²) >= 11 is 0. The van der Waals surface area contributed by atoms with Crippen LogP contribution < -0.4 is 5.32 Å². The van der Waals surface area contributed by atoms with Gasteiger partial charge < -0.3 is 15.5 Å². The first kappa shape index (κ1) is 15.1. The number of nitrogens with one attached hydrogen (secondary N) is 1. The van der Waals surface area contributed by atoms with Gasteiger partial charge in [0.1, 0.15) is 5.60 Å². The van der Waals surface area contributed by atoms with Gasteiger partial charge >= 0.3 is 0 Å². The molecule has 0 aromatic carbocycles. The lowest BCUT2D eigenvalue weighted by molar-refractivity contribution is -0.142. The molecule has 1 amide bonds. The van der Waals surface area contributed by atoms with Crippen molar-refractivity contribution in [3.05, 3.63) is 12.2 Å². The molecule has 16 heavy (non-hydrogen) atoms. The summed E-state index contributed by atoms with van der Waals surface area (Å²) < 4.78 is 0. The van der Waals surface area contributed by atoms with E-state index in [4.69, 9.17) is 0 Å². The van der Waals surface area contributed by atoms with Crippen molar-refractivity contribution in [1.29, 1.82) is 0 Å². The molecule has 94 valence electrons. The first-order chi connectivity index (χ1) is 7.25. The summed E-state index contributed by atoms with van der Waals surface area (Å²) in [6.07, 6.45) is -0.103. The van der Waals surface area contributed by atoms with Gasteiger partial charge in [-0.2, -0.15) is 0 Å². The van der Waals surface area contributed by atoms with Gasteiger partial charge in [0.05, 0.1) is 0 Å². The van der Waals surface area contributed by atoms with Crippen molar-refractivity contribution in [3.63, 3.8) is 0 Å². The van der Waals surface area contributed by atoms with E-state index in [0.29, 0.717) is 12.0 Å². The van der Waals surface area contributed by atoms with Crippen LogP contribution in [0.5, 0.6) is 0 Å². The van der Waals surface area contributed by atoms with Gasteiger partial charge in [-0.3, -0.25) is 4.79 Å². The highest BCUT2D eigenvalue weighted by Crippen LogP contribution is 2.25. The highest BCUT2D eigenvalue weighted by Gasteiger charge is 2.38. The van der Waals surface area contributed by atoms with E-state index in [0.717, 1.165) is 6.42 Å². The Labute approximate surface area is 97.4 Å². The van der Waals surface area contributed by atoms with Crippen LogP contribution in [0.15, 0.2) is 12.2 Å². The summed E-state index contributed by atoms with van der Waals surface area (Å²) in [6.45, 7) is 10.6. The van der Waals surface area contributed by atoms with Crippen molar-refractivity contribution < 1.29 is 15.0 Å². The maximum absolute atomic E-state index is 11.3. The Morgan fingerprint density at radius 2 is 2.00 bits per heavy atom. The second-order valence-electron chi connectivity index (χ2n) is 4.55. The third-order valence-electron chi connectivity index (χ3n) is 2.78. The lowest BCUT2D eigenvalue weighted by atomic mass is 9.84. The van der Waals surface area contributed by atoms with Crippen LogP contribution in [0.3, 0.4) is 0 Å². The third kappa shape index (κ3) is 3.61. The third-order valence-corrected chi connectivity index (χ3v) is 2.78. The van der Waals surface area contributed by atoms with E-state index in [1.54, 1.807) is 6.92 Å². The van der Waals surface area contributed by atoms with E-state index in [9.17, 15) is 15.0 Å². The van der Waals surface area contributed by atoms with Gasteiger partial charge in [0.15, 0.2) is 6.23 Å². The van der Waals surface area contributed by atoms with E-state index in [2.05, 4.69) is 11.9 Å². The molecule has 0 saturated heterocycles. The number of hydrogen-bond acceptors (Lipinski definition) is 3. The number of hydrogen-bond donors (Lipinski definition) is 3. The first-order valence-corrected chi connectivity index (χ1v) is 5.62. The molecular weight excluding hydrogens is 206 g/mol. The van der Waals surface area contributed by atoms with Crippen molar-refractivity contribution in [1.82, 2.24) is 5.32 Å². The normalized spacial score (nSPS) is 16.7. The molecule has 0 spiro atoms. The Morgan fingerprint density at radius 1 is 1.50 bits per heavy atom. The molecule has 3 N–H and O–H groups in total.